The van der Waals surface area contributed by atoms with Crippen molar-refractivity contribution in [1.29, 1.82) is 0 Å². The summed E-state index contributed by atoms with van der Waals surface area (Å²) in [6.45, 7) is 5.84. The first kappa shape index (κ1) is 14.5. The summed E-state index contributed by atoms with van der Waals surface area (Å²) in [6.07, 6.45) is 0.271. The zero-order valence-corrected chi connectivity index (χ0v) is 11.1. The van der Waals surface area contributed by atoms with Gasteiger partial charge in [-0.15, -0.1) is 0 Å². The van der Waals surface area contributed by atoms with Crippen molar-refractivity contribution in [2.24, 2.45) is 11.7 Å². The average molecular weight is 251 g/mol. The molecule has 1 aromatic carbocycles. The lowest BCUT2D eigenvalue weighted by Crippen LogP contribution is -2.37. The molecular weight excluding hydrogens is 230 g/mol. The average Bonchev–Trinajstić information content (AvgIpc) is 2.31. The predicted octanol–water partition coefficient (Wildman–Crippen LogP) is 1.85. The number of ether oxygens (including phenoxy) is 1. The van der Waals surface area contributed by atoms with E-state index < -0.39 is 6.04 Å². The Morgan fingerprint density at radius 3 is 2.33 bits per heavy atom. The number of hydrogen-bond acceptors (Lipinski definition) is 4. The number of aromatic hydroxyl groups is 1. The Labute approximate surface area is 108 Å². The van der Waals surface area contributed by atoms with Crippen LogP contribution in [-0.2, 0) is 16.0 Å². The summed E-state index contributed by atoms with van der Waals surface area (Å²) in [5.41, 5.74) is 6.70. The summed E-state index contributed by atoms with van der Waals surface area (Å²) in [6, 6.07) is 5.97. The largest absolute Gasteiger partial charge is 0.508 e. The third kappa shape index (κ3) is 4.37. The number of rotatable bonds is 5. The molecule has 0 aromatic heterocycles. The zero-order valence-electron chi connectivity index (χ0n) is 11.1. The van der Waals surface area contributed by atoms with Crippen LogP contribution in [0.2, 0.25) is 0 Å². The fourth-order valence-electron chi connectivity index (χ4n) is 1.38. The Morgan fingerprint density at radius 2 is 1.83 bits per heavy atom. The number of carbonyl (C=O) groups is 1. The summed E-state index contributed by atoms with van der Waals surface area (Å²) >= 11 is 0. The summed E-state index contributed by atoms with van der Waals surface area (Å²) < 4.78 is 5.26. The Kier molecular flexibility index (Phi) is 5.16. The van der Waals surface area contributed by atoms with Crippen molar-refractivity contribution in [3.8, 4) is 5.75 Å². The highest BCUT2D eigenvalue weighted by Crippen LogP contribution is 2.12. The second-order valence-corrected chi connectivity index (χ2v) is 4.86. The highest BCUT2D eigenvalue weighted by Gasteiger charge is 2.19. The molecule has 1 aromatic rings. The Hall–Kier alpha value is -1.55. The number of benzene rings is 1. The fraction of sp³-hybridized carbons (Fsp3) is 0.500. The van der Waals surface area contributed by atoms with Crippen molar-refractivity contribution < 1.29 is 14.6 Å². The van der Waals surface area contributed by atoms with Crippen molar-refractivity contribution in [3.63, 3.8) is 0 Å². The van der Waals surface area contributed by atoms with E-state index in [1.165, 1.54) is 0 Å². The molecular formula is C14H21NO3. The van der Waals surface area contributed by atoms with Crippen LogP contribution in [0.1, 0.15) is 26.3 Å². The second kappa shape index (κ2) is 6.40. The number of carbonyl (C=O) groups excluding carboxylic acids is 1. The number of phenols is 1. The van der Waals surface area contributed by atoms with E-state index in [0.717, 1.165) is 5.56 Å². The molecule has 18 heavy (non-hydrogen) atoms. The van der Waals surface area contributed by atoms with Gasteiger partial charge in [-0.05, 0) is 37.0 Å². The zero-order chi connectivity index (χ0) is 13.7. The SMILES string of the molecule is CC(C)C(C)OC(=O)C(N)Cc1ccc(O)cc1. The standard InChI is InChI=1S/C14H21NO3/c1-9(2)10(3)18-14(17)13(15)8-11-4-6-12(16)7-5-11/h4-7,9-10,13,16H,8,15H2,1-3H3. The van der Waals surface area contributed by atoms with E-state index in [-0.39, 0.29) is 23.7 Å². The lowest BCUT2D eigenvalue weighted by atomic mass is 10.1. The van der Waals surface area contributed by atoms with E-state index in [1.807, 2.05) is 20.8 Å². The first-order valence-electron chi connectivity index (χ1n) is 6.14. The van der Waals surface area contributed by atoms with Crippen LogP contribution in [-0.4, -0.2) is 23.2 Å². The maximum atomic E-state index is 11.7. The Balaban J connectivity index is 2.52. The molecule has 4 heteroatoms. The summed E-state index contributed by atoms with van der Waals surface area (Å²) in [5.74, 6) is 0.0856. The minimum Gasteiger partial charge on any atom is -0.508 e. The maximum Gasteiger partial charge on any atom is 0.323 e. The van der Waals surface area contributed by atoms with E-state index in [4.69, 9.17) is 15.6 Å². The van der Waals surface area contributed by atoms with Gasteiger partial charge in [-0.25, -0.2) is 0 Å². The topological polar surface area (TPSA) is 72.5 Å². The molecule has 0 radical (unpaired) electrons. The normalized spacial score (nSPS) is 14.3. The highest BCUT2D eigenvalue weighted by molar-refractivity contribution is 5.76. The summed E-state index contributed by atoms with van der Waals surface area (Å²) in [5, 5.41) is 9.16. The predicted molar refractivity (Wildman–Crippen MR) is 70.2 cm³/mol. The highest BCUT2D eigenvalue weighted by atomic mass is 16.5. The van der Waals surface area contributed by atoms with E-state index >= 15 is 0 Å². The van der Waals surface area contributed by atoms with Crippen LogP contribution in [0, 0.1) is 5.92 Å². The lowest BCUT2D eigenvalue weighted by molar-refractivity contribution is -0.151. The summed E-state index contributed by atoms with van der Waals surface area (Å²) in [7, 11) is 0. The van der Waals surface area contributed by atoms with Gasteiger partial charge in [0.1, 0.15) is 17.9 Å². The fourth-order valence-corrected chi connectivity index (χ4v) is 1.38. The van der Waals surface area contributed by atoms with Crippen molar-refractivity contribution >= 4 is 5.97 Å². The van der Waals surface area contributed by atoms with Crippen molar-refractivity contribution in [1.82, 2.24) is 0 Å². The Morgan fingerprint density at radius 1 is 1.28 bits per heavy atom. The molecule has 0 saturated heterocycles. The third-order valence-electron chi connectivity index (χ3n) is 2.94. The van der Waals surface area contributed by atoms with Gasteiger partial charge in [-0.1, -0.05) is 26.0 Å². The number of esters is 1. The minimum absolute atomic E-state index is 0.136. The molecule has 0 spiro atoms. The first-order chi connectivity index (χ1) is 8.40. The molecule has 0 fully saturated rings. The van der Waals surface area contributed by atoms with Gasteiger partial charge in [-0.3, -0.25) is 4.79 Å². The van der Waals surface area contributed by atoms with Crippen LogP contribution < -0.4 is 5.73 Å². The molecule has 4 nitrogen and oxygen atoms in total. The van der Waals surface area contributed by atoms with Gasteiger partial charge in [0.05, 0.1) is 0 Å². The van der Waals surface area contributed by atoms with Gasteiger partial charge in [0, 0.05) is 0 Å². The van der Waals surface area contributed by atoms with Crippen LogP contribution >= 0.6 is 0 Å². The van der Waals surface area contributed by atoms with Crippen LogP contribution in [0.3, 0.4) is 0 Å². The molecule has 100 valence electrons. The van der Waals surface area contributed by atoms with Crippen LogP contribution in [0.15, 0.2) is 24.3 Å². The van der Waals surface area contributed by atoms with E-state index in [0.29, 0.717) is 6.42 Å². The molecule has 0 amide bonds. The molecule has 3 N–H and O–H groups in total. The van der Waals surface area contributed by atoms with Gasteiger partial charge in [0.2, 0.25) is 0 Å². The Bertz CT molecular complexity index is 387. The van der Waals surface area contributed by atoms with Gasteiger partial charge < -0.3 is 15.6 Å². The summed E-state index contributed by atoms with van der Waals surface area (Å²) in [4.78, 5) is 11.7. The third-order valence-corrected chi connectivity index (χ3v) is 2.94. The molecule has 0 aliphatic rings. The second-order valence-electron chi connectivity index (χ2n) is 4.86. The number of phenolic OH excluding ortho intramolecular Hbond substituents is 1. The molecule has 2 unspecified atom stereocenters. The maximum absolute atomic E-state index is 11.7. The molecule has 0 bridgehead atoms. The van der Waals surface area contributed by atoms with Gasteiger partial charge in [0.15, 0.2) is 0 Å². The van der Waals surface area contributed by atoms with Crippen LogP contribution in [0.25, 0.3) is 0 Å². The molecule has 0 saturated carbocycles. The van der Waals surface area contributed by atoms with Crippen molar-refractivity contribution in [3.05, 3.63) is 29.8 Å². The monoisotopic (exact) mass is 251 g/mol. The minimum atomic E-state index is -0.671. The lowest BCUT2D eigenvalue weighted by Gasteiger charge is -2.19. The molecule has 0 heterocycles. The molecule has 1 rings (SSSR count). The first-order valence-corrected chi connectivity index (χ1v) is 6.14. The smallest absolute Gasteiger partial charge is 0.323 e. The molecule has 0 aliphatic carbocycles. The van der Waals surface area contributed by atoms with Gasteiger partial charge >= 0.3 is 5.97 Å². The molecule has 0 aliphatic heterocycles. The van der Waals surface area contributed by atoms with E-state index in [9.17, 15) is 4.79 Å². The van der Waals surface area contributed by atoms with Gasteiger partial charge in [-0.2, -0.15) is 0 Å². The number of nitrogens with two attached hydrogens (primary N) is 1. The van der Waals surface area contributed by atoms with Crippen molar-refractivity contribution in [2.45, 2.75) is 39.3 Å². The van der Waals surface area contributed by atoms with Crippen molar-refractivity contribution in [2.75, 3.05) is 0 Å². The number of hydrogen-bond donors (Lipinski definition) is 2. The quantitative estimate of drug-likeness (QED) is 0.783. The van der Waals surface area contributed by atoms with E-state index in [1.54, 1.807) is 24.3 Å². The van der Waals surface area contributed by atoms with E-state index in [2.05, 4.69) is 0 Å². The molecule has 2 atom stereocenters. The van der Waals surface area contributed by atoms with Gasteiger partial charge in [0.25, 0.3) is 0 Å². The van der Waals surface area contributed by atoms with Crippen LogP contribution in [0.5, 0.6) is 5.75 Å². The van der Waals surface area contributed by atoms with Crippen LogP contribution in [0.4, 0.5) is 0 Å².